The Morgan fingerprint density at radius 1 is 0.886 bits per heavy atom. The largest absolute Gasteiger partial charge is 0.369 e. The Morgan fingerprint density at radius 2 is 1.63 bits per heavy atom. The number of ether oxygens (including phenoxy) is 2. The van der Waals surface area contributed by atoms with Crippen molar-refractivity contribution in [1.29, 1.82) is 0 Å². The van der Waals surface area contributed by atoms with Gasteiger partial charge < -0.3 is 14.4 Å². The second kappa shape index (κ2) is 10.4. The minimum atomic E-state index is -0.940. The van der Waals surface area contributed by atoms with Gasteiger partial charge in [0.15, 0.2) is 6.29 Å². The van der Waals surface area contributed by atoms with Gasteiger partial charge in [-0.15, -0.1) is 0 Å². The number of hydrogen-bond donors (Lipinski definition) is 1. The molecule has 4 aliphatic heterocycles. The number of unbranched alkanes of at least 4 members (excludes halogenated alkanes) is 2. The summed E-state index contributed by atoms with van der Waals surface area (Å²) in [6.07, 6.45) is 4.66. The predicted octanol–water partition coefficient (Wildman–Crippen LogP) is 1.14. The Bertz CT molecular complexity index is 1000. The summed E-state index contributed by atoms with van der Waals surface area (Å²) in [4.78, 5) is 55.4. The van der Waals surface area contributed by atoms with E-state index in [0.29, 0.717) is 24.3 Å². The van der Waals surface area contributed by atoms with Crippen molar-refractivity contribution >= 4 is 29.3 Å². The van der Waals surface area contributed by atoms with E-state index in [4.69, 9.17) is 9.47 Å². The highest BCUT2D eigenvalue weighted by Gasteiger charge is 2.44. The smallest absolute Gasteiger partial charge is 0.262 e. The summed E-state index contributed by atoms with van der Waals surface area (Å²) in [5.74, 6) is -1.90. The van der Waals surface area contributed by atoms with Crippen molar-refractivity contribution in [3.63, 3.8) is 0 Å². The number of rotatable bonds is 8. The molecule has 10 heteroatoms. The van der Waals surface area contributed by atoms with Crippen molar-refractivity contribution in [1.82, 2.24) is 15.1 Å². The minimum absolute atomic E-state index is 0.0101. The third-order valence-corrected chi connectivity index (χ3v) is 7.27. The number of piperazine rings is 1. The zero-order valence-corrected chi connectivity index (χ0v) is 19.9. The summed E-state index contributed by atoms with van der Waals surface area (Å²) >= 11 is 0. The molecular weight excluding hydrogens is 452 g/mol. The summed E-state index contributed by atoms with van der Waals surface area (Å²) in [5, 5.41) is 2.23. The topological polar surface area (TPSA) is 108 Å². The van der Waals surface area contributed by atoms with Crippen LogP contribution in [0.25, 0.3) is 0 Å². The molecule has 3 fully saturated rings. The van der Waals surface area contributed by atoms with E-state index in [1.54, 1.807) is 12.1 Å². The molecule has 188 valence electrons. The van der Waals surface area contributed by atoms with Crippen molar-refractivity contribution in [2.45, 2.75) is 50.9 Å². The predicted molar refractivity (Wildman–Crippen MR) is 126 cm³/mol. The van der Waals surface area contributed by atoms with Gasteiger partial charge >= 0.3 is 0 Å². The Balaban J connectivity index is 1.12. The third kappa shape index (κ3) is 5.10. The second-order valence-corrected chi connectivity index (χ2v) is 9.53. The minimum Gasteiger partial charge on any atom is -0.369 e. The highest BCUT2D eigenvalue weighted by Crippen LogP contribution is 2.31. The van der Waals surface area contributed by atoms with Gasteiger partial charge in [0, 0.05) is 38.3 Å². The molecule has 0 radical (unpaired) electrons. The van der Waals surface area contributed by atoms with E-state index in [1.165, 1.54) is 0 Å². The standard InChI is InChI=1S/C25H32N4O6/c30-21-8-7-20(23(31)26-21)29-24(32)18-6-5-17(16-19(18)25(29)33)28-12-10-27(11-13-28)9-3-1-2-4-22-34-14-15-35-22/h5-6,16,20,22H,1-4,7-15H2,(H,26,30,31). The molecule has 0 aliphatic carbocycles. The lowest BCUT2D eigenvalue weighted by atomic mass is 10.0. The van der Waals surface area contributed by atoms with Gasteiger partial charge in [-0.25, -0.2) is 0 Å². The molecule has 1 unspecified atom stereocenters. The molecule has 35 heavy (non-hydrogen) atoms. The van der Waals surface area contributed by atoms with Crippen LogP contribution in [0.3, 0.4) is 0 Å². The van der Waals surface area contributed by atoms with Crippen LogP contribution >= 0.6 is 0 Å². The molecule has 5 rings (SSSR count). The summed E-state index contributed by atoms with van der Waals surface area (Å²) in [6, 6.07) is 4.39. The average molecular weight is 485 g/mol. The van der Waals surface area contributed by atoms with Gasteiger partial charge in [-0.1, -0.05) is 6.42 Å². The fourth-order valence-corrected chi connectivity index (χ4v) is 5.28. The van der Waals surface area contributed by atoms with E-state index in [0.717, 1.165) is 69.0 Å². The monoisotopic (exact) mass is 484 g/mol. The Morgan fingerprint density at radius 3 is 2.37 bits per heavy atom. The van der Waals surface area contributed by atoms with E-state index in [-0.39, 0.29) is 25.0 Å². The third-order valence-electron chi connectivity index (χ3n) is 7.27. The van der Waals surface area contributed by atoms with Gasteiger partial charge in [0.1, 0.15) is 6.04 Å². The van der Waals surface area contributed by atoms with Gasteiger partial charge in [0.2, 0.25) is 11.8 Å². The summed E-state index contributed by atoms with van der Waals surface area (Å²) in [7, 11) is 0. The molecule has 4 heterocycles. The number of nitrogens with zero attached hydrogens (tertiary/aromatic N) is 3. The van der Waals surface area contributed by atoms with E-state index >= 15 is 0 Å². The molecule has 1 N–H and O–H groups in total. The van der Waals surface area contributed by atoms with E-state index in [2.05, 4.69) is 15.1 Å². The molecule has 1 atom stereocenters. The van der Waals surface area contributed by atoms with Crippen molar-refractivity contribution in [3.8, 4) is 0 Å². The molecule has 3 saturated heterocycles. The lowest BCUT2D eigenvalue weighted by Gasteiger charge is -2.36. The maximum absolute atomic E-state index is 13.1. The molecule has 1 aromatic rings. The fraction of sp³-hybridized carbons (Fsp3) is 0.600. The van der Waals surface area contributed by atoms with Crippen molar-refractivity contribution in [3.05, 3.63) is 29.3 Å². The van der Waals surface area contributed by atoms with Crippen LogP contribution in [0.2, 0.25) is 0 Å². The zero-order chi connectivity index (χ0) is 24.4. The first-order valence-corrected chi connectivity index (χ1v) is 12.6. The summed E-state index contributed by atoms with van der Waals surface area (Å²) in [6.45, 7) is 6.08. The molecule has 0 aromatic heterocycles. The Labute approximate surface area is 204 Å². The number of carbonyl (C=O) groups excluding carboxylic acids is 4. The Hall–Kier alpha value is -2.82. The molecule has 4 aliphatic rings. The first kappa shape index (κ1) is 23.9. The van der Waals surface area contributed by atoms with Crippen LogP contribution in [-0.2, 0) is 19.1 Å². The molecule has 0 bridgehead atoms. The highest BCUT2D eigenvalue weighted by molar-refractivity contribution is 6.23. The first-order chi connectivity index (χ1) is 17.0. The SMILES string of the molecule is O=C1CCC(N2C(=O)c3ccc(N4CCN(CCCCCC5OCCO5)CC4)cc3C2=O)C(=O)N1. The van der Waals surface area contributed by atoms with Crippen LogP contribution in [0.1, 0.15) is 59.2 Å². The summed E-state index contributed by atoms with van der Waals surface area (Å²) in [5.41, 5.74) is 1.55. The normalized spacial score (nSPS) is 23.8. The van der Waals surface area contributed by atoms with Crippen LogP contribution in [-0.4, -0.2) is 91.7 Å². The molecule has 4 amide bonds. The molecule has 1 aromatic carbocycles. The zero-order valence-electron chi connectivity index (χ0n) is 19.9. The highest BCUT2D eigenvalue weighted by atomic mass is 16.7. The number of nitrogens with one attached hydrogen (secondary N) is 1. The quantitative estimate of drug-likeness (QED) is 0.432. The number of carbonyl (C=O) groups is 4. The fourth-order valence-electron chi connectivity index (χ4n) is 5.28. The van der Waals surface area contributed by atoms with Gasteiger partial charge in [0.05, 0.1) is 24.3 Å². The number of imide groups is 2. The first-order valence-electron chi connectivity index (χ1n) is 12.6. The molecular formula is C25H32N4O6. The van der Waals surface area contributed by atoms with Crippen LogP contribution in [0.4, 0.5) is 5.69 Å². The number of fused-ring (bicyclic) bond motifs is 1. The van der Waals surface area contributed by atoms with Gasteiger partial charge in [0.25, 0.3) is 11.8 Å². The van der Waals surface area contributed by atoms with Gasteiger partial charge in [-0.3, -0.25) is 34.3 Å². The van der Waals surface area contributed by atoms with E-state index in [9.17, 15) is 19.2 Å². The lowest BCUT2D eigenvalue weighted by molar-refractivity contribution is -0.136. The second-order valence-electron chi connectivity index (χ2n) is 9.53. The number of benzene rings is 1. The van der Waals surface area contributed by atoms with E-state index < -0.39 is 23.8 Å². The number of anilines is 1. The van der Waals surface area contributed by atoms with Crippen molar-refractivity contribution in [2.24, 2.45) is 0 Å². The van der Waals surface area contributed by atoms with Crippen LogP contribution in [0.5, 0.6) is 0 Å². The maximum Gasteiger partial charge on any atom is 0.262 e. The number of piperidine rings is 1. The molecule has 0 saturated carbocycles. The van der Waals surface area contributed by atoms with Crippen molar-refractivity contribution < 1.29 is 28.7 Å². The lowest BCUT2D eigenvalue weighted by Crippen LogP contribution is -2.54. The number of amides is 4. The van der Waals surface area contributed by atoms with Crippen molar-refractivity contribution in [2.75, 3.05) is 50.8 Å². The average Bonchev–Trinajstić information content (AvgIpc) is 3.46. The summed E-state index contributed by atoms with van der Waals surface area (Å²) < 4.78 is 11.0. The van der Waals surface area contributed by atoms with Gasteiger partial charge in [-0.2, -0.15) is 0 Å². The van der Waals surface area contributed by atoms with Crippen LogP contribution in [0, 0.1) is 0 Å². The molecule has 0 spiro atoms. The van der Waals surface area contributed by atoms with Crippen LogP contribution < -0.4 is 10.2 Å². The number of hydrogen-bond acceptors (Lipinski definition) is 8. The maximum atomic E-state index is 13.1. The van der Waals surface area contributed by atoms with Crippen LogP contribution in [0.15, 0.2) is 18.2 Å². The Kier molecular flexibility index (Phi) is 7.12. The van der Waals surface area contributed by atoms with Gasteiger partial charge in [-0.05, 0) is 50.4 Å². The molecule has 10 nitrogen and oxygen atoms in total. The van der Waals surface area contributed by atoms with E-state index in [1.807, 2.05) is 6.07 Å².